The summed E-state index contributed by atoms with van der Waals surface area (Å²) in [7, 11) is 0. The van der Waals surface area contributed by atoms with E-state index in [0.717, 1.165) is 47.1 Å². The first kappa shape index (κ1) is 24.0. The van der Waals surface area contributed by atoms with Crippen molar-refractivity contribution in [2.24, 2.45) is 17.6 Å². The van der Waals surface area contributed by atoms with Crippen LogP contribution in [0.2, 0.25) is 5.02 Å². The highest BCUT2D eigenvalue weighted by atomic mass is 35.5. The van der Waals surface area contributed by atoms with E-state index in [9.17, 15) is 14.0 Å². The van der Waals surface area contributed by atoms with Gasteiger partial charge in [0.25, 0.3) is 0 Å². The first-order valence-corrected chi connectivity index (χ1v) is 12.3. The summed E-state index contributed by atoms with van der Waals surface area (Å²) in [5.74, 6) is -0.168. The molecule has 0 bridgehead atoms. The smallest absolute Gasteiger partial charge is 0.230 e. The highest BCUT2D eigenvalue weighted by Gasteiger charge is 2.39. The van der Waals surface area contributed by atoms with Gasteiger partial charge in [-0.05, 0) is 73.4 Å². The molecule has 1 aliphatic carbocycles. The van der Waals surface area contributed by atoms with Crippen LogP contribution in [-0.4, -0.2) is 21.6 Å². The summed E-state index contributed by atoms with van der Waals surface area (Å²) < 4.78 is 15.0. The molecule has 8 heteroatoms. The largest absolute Gasteiger partial charge is 0.369 e. The summed E-state index contributed by atoms with van der Waals surface area (Å²) >= 11 is 6.45. The van der Waals surface area contributed by atoms with Crippen molar-refractivity contribution in [3.05, 3.63) is 89.3 Å². The van der Waals surface area contributed by atoms with E-state index >= 15 is 0 Å². The van der Waals surface area contributed by atoms with E-state index in [1.807, 2.05) is 54.3 Å². The molecule has 0 radical (unpaired) electrons. The molecular weight excluding hydrogens is 479 g/mol. The molecule has 2 aliphatic rings. The zero-order chi connectivity index (χ0) is 25.4. The first-order chi connectivity index (χ1) is 17.3. The number of hydrogen-bond donors (Lipinski definition) is 1. The number of anilines is 1. The minimum absolute atomic E-state index is 0.0797. The molecule has 2 amide bonds. The second-order valence-corrected chi connectivity index (χ2v) is 9.74. The topological polar surface area (TPSA) is 81.2 Å². The molecule has 0 spiro atoms. The van der Waals surface area contributed by atoms with Crippen molar-refractivity contribution in [2.45, 2.75) is 32.2 Å². The van der Waals surface area contributed by atoms with Gasteiger partial charge in [0, 0.05) is 27.9 Å². The molecule has 4 aromatic rings. The normalized spacial score (nSPS) is 19.3. The SMILES string of the molecule is C[C@@H]1C[C@@H](c2ccccc2Cl)N(c2ccc3c(cnn3-c3ccc(F)cc3)c2)C1=O.NC(=O)C1CC1. The molecule has 2 fully saturated rings. The highest BCUT2D eigenvalue weighted by molar-refractivity contribution is 6.31. The number of nitrogens with two attached hydrogens (primary N) is 1. The molecule has 2 heterocycles. The van der Waals surface area contributed by atoms with Crippen LogP contribution in [0, 0.1) is 17.7 Å². The molecule has 184 valence electrons. The molecule has 36 heavy (non-hydrogen) atoms. The van der Waals surface area contributed by atoms with Gasteiger partial charge in [0.1, 0.15) is 5.82 Å². The number of benzene rings is 3. The predicted octanol–water partition coefficient (Wildman–Crippen LogP) is 5.81. The Labute approximate surface area is 213 Å². The van der Waals surface area contributed by atoms with Crippen LogP contribution in [-0.2, 0) is 9.59 Å². The Balaban J connectivity index is 0.000000391. The molecule has 1 saturated heterocycles. The third-order valence-corrected chi connectivity index (χ3v) is 7.04. The van der Waals surface area contributed by atoms with Crippen LogP contribution in [0.3, 0.4) is 0 Å². The Morgan fingerprint density at radius 3 is 2.39 bits per heavy atom. The molecule has 2 atom stereocenters. The van der Waals surface area contributed by atoms with E-state index in [0.29, 0.717) is 5.02 Å². The van der Waals surface area contributed by atoms with Gasteiger partial charge in [-0.1, -0.05) is 36.7 Å². The third kappa shape index (κ3) is 4.71. The van der Waals surface area contributed by atoms with E-state index < -0.39 is 0 Å². The van der Waals surface area contributed by atoms with Gasteiger partial charge < -0.3 is 10.6 Å². The van der Waals surface area contributed by atoms with Gasteiger partial charge in [-0.15, -0.1) is 0 Å². The second-order valence-electron chi connectivity index (χ2n) is 9.33. The quantitative estimate of drug-likeness (QED) is 0.380. The maximum absolute atomic E-state index is 13.3. The van der Waals surface area contributed by atoms with Crippen molar-refractivity contribution in [1.29, 1.82) is 0 Å². The minimum atomic E-state index is -0.287. The Kier molecular flexibility index (Phi) is 6.49. The van der Waals surface area contributed by atoms with Gasteiger partial charge in [-0.2, -0.15) is 5.10 Å². The number of carbonyl (C=O) groups is 2. The lowest BCUT2D eigenvalue weighted by Crippen LogP contribution is -2.28. The van der Waals surface area contributed by atoms with E-state index in [2.05, 4.69) is 5.10 Å². The standard InChI is InChI=1S/C24H19ClFN3O.C4H7NO/c1-15-12-23(20-4-2-3-5-21(20)25)28(24(15)30)19-10-11-22-16(13-19)14-27-29(22)18-8-6-17(26)7-9-18;5-4(6)3-1-2-3/h2-11,13-15,23H,12H2,1H3;3H,1-2H2,(H2,5,6)/t15-,23+;/m1./s1. The van der Waals surface area contributed by atoms with Gasteiger partial charge in [-0.25, -0.2) is 9.07 Å². The lowest BCUT2D eigenvalue weighted by atomic mass is 10.0. The number of amides is 2. The van der Waals surface area contributed by atoms with E-state index in [1.165, 1.54) is 12.1 Å². The second kappa shape index (κ2) is 9.74. The number of halogens is 2. The maximum atomic E-state index is 13.3. The number of nitrogens with zero attached hydrogens (tertiary/aromatic N) is 3. The van der Waals surface area contributed by atoms with Crippen LogP contribution in [0.5, 0.6) is 0 Å². The summed E-state index contributed by atoms with van der Waals surface area (Å²) in [5.41, 5.74) is 8.30. The molecule has 1 saturated carbocycles. The number of primary amides is 1. The Morgan fingerprint density at radius 1 is 1.06 bits per heavy atom. The molecular formula is C28H26ClFN4O2. The average molecular weight is 505 g/mol. The van der Waals surface area contributed by atoms with Crippen molar-refractivity contribution in [2.75, 3.05) is 4.90 Å². The first-order valence-electron chi connectivity index (χ1n) is 11.9. The predicted molar refractivity (Wildman–Crippen MR) is 138 cm³/mol. The molecule has 6 rings (SSSR count). The third-order valence-electron chi connectivity index (χ3n) is 6.69. The molecule has 2 N–H and O–H groups in total. The highest BCUT2D eigenvalue weighted by Crippen LogP contribution is 2.42. The van der Waals surface area contributed by atoms with Crippen LogP contribution >= 0.6 is 11.6 Å². The molecule has 0 unspecified atom stereocenters. The zero-order valence-corrected chi connectivity index (χ0v) is 20.5. The Bertz CT molecular complexity index is 1430. The lowest BCUT2D eigenvalue weighted by Gasteiger charge is -2.26. The van der Waals surface area contributed by atoms with E-state index in [1.54, 1.807) is 23.0 Å². The summed E-state index contributed by atoms with van der Waals surface area (Å²) in [5, 5.41) is 6.03. The number of aromatic nitrogens is 2. The number of carbonyl (C=O) groups excluding carboxylic acids is 2. The summed E-state index contributed by atoms with van der Waals surface area (Å²) in [6, 6.07) is 19.6. The zero-order valence-electron chi connectivity index (χ0n) is 19.8. The van der Waals surface area contributed by atoms with Gasteiger partial charge >= 0.3 is 0 Å². The molecule has 1 aliphatic heterocycles. The number of fused-ring (bicyclic) bond motifs is 1. The fourth-order valence-electron chi connectivity index (χ4n) is 4.58. The monoisotopic (exact) mass is 504 g/mol. The molecule has 1 aromatic heterocycles. The van der Waals surface area contributed by atoms with Gasteiger partial charge in [0.15, 0.2) is 0 Å². The summed E-state index contributed by atoms with van der Waals surface area (Å²) in [4.78, 5) is 24.9. The van der Waals surface area contributed by atoms with Crippen LogP contribution in [0.1, 0.15) is 37.8 Å². The molecule has 6 nitrogen and oxygen atoms in total. The van der Waals surface area contributed by atoms with Crippen LogP contribution in [0.15, 0.2) is 72.9 Å². The van der Waals surface area contributed by atoms with Gasteiger partial charge in [0.2, 0.25) is 11.8 Å². The number of hydrogen-bond acceptors (Lipinski definition) is 3. The fraction of sp³-hybridized carbons (Fsp3) is 0.250. The maximum Gasteiger partial charge on any atom is 0.230 e. The van der Waals surface area contributed by atoms with Crippen LogP contribution in [0.4, 0.5) is 10.1 Å². The minimum Gasteiger partial charge on any atom is -0.369 e. The van der Waals surface area contributed by atoms with E-state index in [-0.39, 0.29) is 35.5 Å². The van der Waals surface area contributed by atoms with Gasteiger partial charge in [0.05, 0.1) is 23.4 Å². The van der Waals surface area contributed by atoms with E-state index in [4.69, 9.17) is 17.3 Å². The van der Waals surface area contributed by atoms with Crippen molar-refractivity contribution in [1.82, 2.24) is 9.78 Å². The van der Waals surface area contributed by atoms with Crippen LogP contribution < -0.4 is 10.6 Å². The Hall–Kier alpha value is -3.71. The average Bonchev–Trinajstić information content (AvgIpc) is 3.58. The summed E-state index contributed by atoms with van der Waals surface area (Å²) in [6.07, 6.45) is 4.52. The van der Waals surface area contributed by atoms with Gasteiger partial charge in [-0.3, -0.25) is 9.59 Å². The van der Waals surface area contributed by atoms with Crippen LogP contribution in [0.25, 0.3) is 16.6 Å². The fourth-order valence-corrected chi connectivity index (χ4v) is 4.84. The number of rotatable bonds is 4. The Morgan fingerprint density at radius 2 is 1.75 bits per heavy atom. The molecule has 3 aromatic carbocycles. The lowest BCUT2D eigenvalue weighted by molar-refractivity contribution is -0.120. The van der Waals surface area contributed by atoms with Crippen molar-refractivity contribution < 1.29 is 14.0 Å². The van der Waals surface area contributed by atoms with Crippen molar-refractivity contribution in [3.8, 4) is 5.69 Å². The van der Waals surface area contributed by atoms with Crippen molar-refractivity contribution in [3.63, 3.8) is 0 Å². The van der Waals surface area contributed by atoms with Crippen molar-refractivity contribution >= 4 is 40.0 Å². The summed E-state index contributed by atoms with van der Waals surface area (Å²) in [6.45, 7) is 1.96.